The van der Waals surface area contributed by atoms with Crippen LogP contribution in [0.5, 0.6) is 0 Å². The van der Waals surface area contributed by atoms with E-state index < -0.39 is 16.3 Å². The molecule has 1 aromatic carbocycles. The zero-order chi connectivity index (χ0) is 18.2. The van der Waals surface area contributed by atoms with Crippen LogP contribution in [0, 0.1) is 21.4 Å². The molecule has 1 aliphatic carbocycles. The van der Waals surface area contributed by atoms with E-state index in [0.717, 1.165) is 18.6 Å². The fourth-order valence-corrected chi connectivity index (χ4v) is 4.82. The third-order valence-electron chi connectivity index (χ3n) is 5.29. The number of nitro groups is 1. The monoisotopic (exact) mass is 364 g/mol. The van der Waals surface area contributed by atoms with E-state index in [0.29, 0.717) is 23.4 Å². The molecule has 1 saturated carbocycles. The Kier molecular flexibility index (Phi) is 4.73. The highest BCUT2D eigenvalue weighted by Gasteiger charge is 2.55. The quantitative estimate of drug-likeness (QED) is 0.490. The van der Waals surface area contributed by atoms with E-state index in [2.05, 4.69) is 0 Å². The molecule has 0 radical (unpaired) electrons. The van der Waals surface area contributed by atoms with Crippen LogP contribution in [0.3, 0.4) is 0 Å². The Balaban J connectivity index is 1.92. The van der Waals surface area contributed by atoms with Gasteiger partial charge in [-0.05, 0) is 30.6 Å². The molecule has 0 bridgehead atoms. The van der Waals surface area contributed by atoms with Crippen LogP contribution >= 0.6 is 11.8 Å². The van der Waals surface area contributed by atoms with Gasteiger partial charge in [-0.1, -0.05) is 13.3 Å². The Hall–Kier alpha value is -2.09. The van der Waals surface area contributed by atoms with E-state index in [1.54, 1.807) is 11.0 Å². The average Bonchev–Trinajstić information content (AvgIpc) is 3.13. The number of aliphatic carboxylic acids is 1. The van der Waals surface area contributed by atoms with E-state index >= 15 is 0 Å². The van der Waals surface area contributed by atoms with Crippen molar-refractivity contribution < 1.29 is 19.6 Å². The molecule has 8 heteroatoms. The topological polar surface area (TPSA) is 101 Å². The van der Waals surface area contributed by atoms with Crippen LogP contribution in [0.15, 0.2) is 23.1 Å². The lowest BCUT2D eigenvalue weighted by molar-refractivity contribution is -0.384. The molecule has 25 heavy (non-hydrogen) atoms. The maximum absolute atomic E-state index is 13.0. The molecule has 1 aromatic rings. The van der Waals surface area contributed by atoms with Gasteiger partial charge in [0, 0.05) is 30.1 Å². The Morgan fingerprint density at radius 1 is 1.48 bits per heavy atom. The van der Waals surface area contributed by atoms with Gasteiger partial charge in [0.15, 0.2) is 0 Å². The van der Waals surface area contributed by atoms with Crippen LogP contribution in [0.25, 0.3) is 0 Å². The summed E-state index contributed by atoms with van der Waals surface area (Å²) in [6.07, 6.45) is 2.26. The summed E-state index contributed by atoms with van der Waals surface area (Å²) >= 11 is 1.45. The molecule has 1 saturated heterocycles. The molecule has 2 fully saturated rings. The lowest BCUT2D eigenvalue weighted by atomic mass is 9.81. The third-order valence-corrected chi connectivity index (χ3v) is 6.24. The van der Waals surface area contributed by atoms with Crippen molar-refractivity contribution in [1.29, 1.82) is 0 Å². The molecule has 1 heterocycles. The van der Waals surface area contributed by atoms with E-state index in [-0.39, 0.29) is 24.1 Å². The lowest BCUT2D eigenvalue weighted by Gasteiger charge is -2.23. The normalized spacial score (nSPS) is 25.0. The Bertz CT molecular complexity index is 738. The van der Waals surface area contributed by atoms with Gasteiger partial charge >= 0.3 is 5.97 Å². The summed E-state index contributed by atoms with van der Waals surface area (Å²) in [5.41, 5.74) is -0.688. The summed E-state index contributed by atoms with van der Waals surface area (Å²) < 4.78 is 0. The number of carboxylic acids is 1. The SMILES string of the molecule is CCSc1ccc([N+](=O)[O-])cc1C(=O)N1C[C@@H]2CCC[C@@]2(C(=O)O)C1. The van der Waals surface area contributed by atoms with Crippen LogP contribution in [0.2, 0.25) is 0 Å². The molecule has 2 aliphatic rings. The number of fused-ring (bicyclic) bond motifs is 1. The van der Waals surface area contributed by atoms with Gasteiger partial charge in [0.05, 0.1) is 15.9 Å². The molecule has 1 N–H and O–H groups in total. The number of nitro benzene ring substituents is 1. The van der Waals surface area contributed by atoms with E-state index in [9.17, 15) is 24.8 Å². The molecule has 0 unspecified atom stereocenters. The number of hydrogen-bond donors (Lipinski definition) is 1. The lowest BCUT2D eigenvalue weighted by Crippen LogP contribution is -2.37. The first-order chi connectivity index (χ1) is 11.9. The predicted octanol–water partition coefficient (Wildman–Crippen LogP) is 3.03. The minimum atomic E-state index is -0.853. The average molecular weight is 364 g/mol. The largest absolute Gasteiger partial charge is 0.481 e. The van der Waals surface area contributed by atoms with Crippen LogP contribution in [0.4, 0.5) is 5.69 Å². The highest BCUT2D eigenvalue weighted by molar-refractivity contribution is 7.99. The number of hydrogen-bond acceptors (Lipinski definition) is 5. The minimum absolute atomic E-state index is 0.0325. The molecule has 1 amide bonds. The first kappa shape index (κ1) is 17.7. The van der Waals surface area contributed by atoms with Gasteiger partial charge in [0.2, 0.25) is 0 Å². The van der Waals surface area contributed by atoms with Crippen molar-refractivity contribution >= 4 is 29.3 Å². The number of rotatable bonds is 5. The summed E-state index contributed by atoms with van der Waals surface area (Å²) in [6.45, 7) is 2.54. The first-order valence-electron chi connectivity index (χ1n) is 8.33. The van der Waals surface area contributed by atoms with Gasteiger partial charge in [0.1, 0.15) is 0 Å². The van der Waals surface area contributed by atoms with Crippen molar-refractivity contribution in [2.45, 2.75) is 31.1 Å². The number of nitrogens with zero attached hydrogens (tertiary/aromatic N) is 2. The molecule has 2 atom stereocenters. The Labute approximate surface area is 149 Å². The highest BCUT2D eigenvalue weighted by atomic mass is 32.2. The van der Waals surface area contributed by atoms with Gasteiger partial charge in [0.25, 0.3) is 11.6 Å². The van der Waals surface area contributed by atoms with E-state index in [1.165, 1.54) is 23.9 Å². The zero-order valence-corrected chi connectivity index (χ0v) is 14.8. The summed E-state index contributed by atoms with van der Waals surface area (Å²) in [7, 11) is 0. The maximum atomic E-state index is 13.0. The molecule has 3 rings (SSSR count). The summed E-state index contributed by atoms with van der Waals surface area (Å²) in [6, 6.07) is 4.30. The van der Waals surface area contributed by atoms with E-state index in [1.807, 2.05) is 6.92 Å². The maximum Gasteiger partial charge on any atom is 0.311 e. The molecule has 0 spiro atoms. The molecule has 1 aliphatic heterocycles. The van der Waals surface area contributed by atoms with Crippen molar-refractivity contribution in [2.24, 2.45) is 11.3 Å². The molecular formula is C17H20N2O5S. The fourth-order valence-electron chi connectivity index (χ4n) is 4.04. The Morgan fingerprint density at radius 3 is 2.84 bits per heavy atom. The van der Waals surface area contributed by atoms with Crippen LogP contribution in [-0.4, -0.2) is 45.6 Å². The van der Waals surface area contributed by atoms with Crippen LogP contribution in [0.1, 0.15) is 36.5 Å². The summed E-state index contributed by atoms with van der Waals surface area (Å²) in [4.78, 5) is 37.6. The zero-order valence-electron chi connectivity index (χ0n) is 13.9. The smallest absolute Gasteiger partial charge is 0.311 e. The van der Waals surface area contributed by atoms with Gasteiger partial charge in [-0.3, -0.25) is 19.7 Å². The summed E-state index contributed by atoms with van der Waals surface area (Å²) in [5.74, 6) is -0.447. The molecule has 7 nitrogen and oxygen atoms in total. The Morgan fingerprint density at radius 2 is 2.24 bits per heavy atom. The van der Waals surface area contributed by atoms with Crippen molar-refractivity contribution in [1.82, 2.24) is 4.90 Å². The van der Waals surface area contributed by atoms with E-state index in [4.69, 9.17) is 0 Å². The summed E-state index contributed by atoms with van der Waals surface area (Å²) in [5, 5.41) is 20.7. The number of carboxylic acid groups (broad SMARTS) is 1. The van der Waals surface area contributed by atoms with Gasteiger partial charge in [-0.2, -0.15) is 0 Å². The molecule has 0 aromatic heterocycles. The van der Waals surface area contributed by atoms with Crippen molar-refractivity contribution in [3.05, 3.63) is 33.9 Å². The van der Waals surface area contributed by atoms with Crippen molar-refractivity contribution in [3.63, 3.8) is 0 Å². The van der Waals surface area contributed by atoms with Gasteiger partial charge in [-0.15, -0.1) is 11.8 Å². The first-order valence-corrected chi connectivity index (χ1v) is 9.31. The van der Waals surface area contributed by atoms with Crippen LogP contribution in [-0.2, 0) is 4.79 Å². The van der Waals surface area contributed by atoms with Gasteiger partial charge in [-0.25, -0.2) is 0 Å². The number of amides is 1. The predicted molar refractivity (Wildman–Crippen MR) is 92.8 cm³/mol. The number of carbonyl (C=O) groups excluding carboxylic acids is 1. The van der Waals surface area contributed by atoms with Crippen molar-refractivity contribution in [3.8, 4) is 0 Å². The van der Waals surface area contributed by atoms with Crippen molar-refractivity contribution in [2.75, 3.05) is 18.8 Å². The number of thioether (sulfide) groups is 1. The number of likely N-dealkylation sites (tertiary alicyclic amines) is 1. The van der Waals surface area contributed by atoms with Crippen LogP contribution < -0.4 is 0 Å². The third kappa shape index (κ3) is 2.99. The number of carbonyl (C=O) groups is 2. The second kappa shape index (κ2) is 6.67. The fraction of sp³-hybridized carbons (Fsp3) is 0.529. The standard InChI is InChI=1S/C17H20N2O5S/c1-2-25-14-6-5-12(19(23)24)8-13(14)15(20)18-9-11-4-3-7-17(11,10-18)16(21)22/h5-6,8,11H,2-4,7,9-10H2,1H3,(H,21,22)/t11-,17+/m0/s1. The second-order valence-corrected chi connectivity index (χ2v) is 7.91. The number of non-ortho nitro benzene ring substituents is 1. The second-order valence-electron chi connectivity index (χ2n) is 6.61. The molecule has 134 valence electrons. The minimum Gasteiger partial charge on any atom is -0.481 e. The van der Waals surface area contributed by atoms with Gasteiger partial charge < -0.3 is 10.0 Å². The number of benzene rings is 1. The molecular weight excluding hydrogens is 344 g/mol. The highest BCUT2D eigenvalue weighted by Crippen LogP contribution is 2.49.